The molecule has 0 amide bonds. The van der Waals surface area contributed by atoms with E-state index in [0.29, 0.717) is 5.78 Å². The first-order valence-corrected chi connectivity index (χ1v) is 5.75. The van der Waals surface area contributed by atoms with Gasteiger partial charge in [-0.25, -0.2) is 4.98 Å². The first kappa shape index (κ1) is 10.8. The maximum Gasteiger partial charge on any atom is 0.309 e. The van der Waals surface area contributed by atoms with Gasteiger partial charge in [-0.2, -0.15) is 0 Å². The summed E-state index contributed by atoms with van der Waals surface area (Å²) >= 11 is 0. The van der Waals surface area contributed by atoms with Crippen LogP contribution in [0.25, 0.3) is 16.8 Å². The molecular weight excluding hydrogens is 230 g/mol. The van der Waals surface area contributed by atoms with Crippen LogP contribution in [0.5, 0.6) is 0 Å². The summed E-state index contributed by atoms with van der Waals surface area (Å²) in [7, 11) is 0. The molecule has 0 saturated heterocycles. The minimum atomic E-state index is -0.839. The van der Waals surface area contributed by atoms with Crippen LogP contribution in [0.1, 0.15) is 17.0 Å². The average molecular weight is 243 g/mol. The Morgan fingerprint density at radius 2 is 2.22 bits per heavy atom. The van der Waals surface area contributed by atoms with Gasteiger partial charge in [-0.15, -0.1) is 0 Å². The Kier molecular flexibility index (Phi) is 2.16. The van der Waals surface area contributed by atoms with Gasteiger partial charge in [0.2, 0.25) is 5.78 Å². The highest BCUT2D eigenvalue weighted by atomic mass is 16.4. The maximum absolute atomic E-state index is 10.9. The Morgan fingerprint density at radius 3 is 2.94 bits per heavy atom. The van der Waals surface area contributed by atoms with Gasteiger partial charge in [-0.1, -0.05) is 12.1 Å². The van der Waals surface area contributed by atoms with Crippen LogP contribution in [0.4, 0.5) is 0 Å². The normalized spacial score (nSPS) is 11.4. The number of carboxylic acids is 1. The number of imidazole rings is 2. The molecule has 5 nitrogen and oxygen atoms in total. The second kappa shape index (κ2) is 3.60. The smallest absolute Gasteiger partial charge is 0.309 e. The lowest BCUT2D eigenvalue weighted by atomic mass is 10.2. The number of aryl methyl sites for hydroxylation is 2. The van der Waals surface area contributed by atoms with Crippen LogP contribution in [0.2, 0.25) is 0 Å². The Balaban J connectivity index is 2.41. The number of para-hydroxylation sites is 1. The second-order valence-electron chi connectivity index (χ2n) is 4.48. The number of carbonyl (C=O) groups is 1. The highest BCUT2D eigenvalue weighted by Crippen LogP contribution is 2.23. The molecule has 0 aliphatic carbocycles. The maximum atomic E-state index is 10.9. The van der Waals surface area contributed by atoms with Crippen molar-refractivity contribution in [2.24, 2.45) is 0 Å². The topological polar surface area (TPSA) is 70.4 Å². The number of carboxylic acid groups (broad SMARTS) is 1. The zero-order valence-electron chi connectivity index (χ0n) is 10.2. The molecule has 18 heavy (non-hydrogen) atoms. The Hall–Kier alpha value is -2.30. The van der Waals surface area contributed by atoms with Crippen molar-refractivity contribution in [1.29, 1.82) is 0 Å². The van der Waals surface area contributed by atoms with E-state index in [1.165, 1.54) is 0 Å². The van der Waals surface area contributed by atoms with Crippen LogP contribution >= 0.6 is 0 Å². The van der Waals surface area contributed by atoms with Gasteiger partial charge >= 0.3 is 5.97 Å². The predicted molar refractivity (Wildman–Crippen MR) is 67.9 cm³/mol. The fourth-order valence-electron chi connectivity index (χ4n) is 2.36. The summed E-state index contributed by atoms with van der Waals surface area (Å²) in [6, 6.07) is 5.91. The number of benzene rings is 1. The van der Waals surface area contributed by atoms with Gasteiger partial charge in [-0.3, -0.25) is 9.20 Å². The average Bonchev–Trinajstić information content (AvgIpc) is 2.78. The quantitative estimate of drug-likeness (QED) is 0.723. The van der Waals surface area contributed by atoms with Crippen molar-refractivity contribution in [3.8, 4) is 0 Å². The summed E-state index contributed by atoms with van der Waals surface area (Å²) in [6.45, 7) is 3.87. The van der Waals surface area contributed by atoms with Crippen LogP contribution in [-0.2, 0) is 11.2 Å². The molecule has 0 spiro atoms. The molecule has 92 valence electrons. The third kappa shape index (κ3) is 1.40. The van der Waals surface area contributed by atoms with E-state index >= 15 is 0 Å². The first-order chi connectivity index (χ1) is 8.58. The molecule has 5 heteroatoms. The number of hydrogen-bond acceptors (Lipinski definition) is 2. The van der Waals surface area contributed by atoms with Gasteiger partial charge in [-0.05, 0) is 25.5 Å². The number of nitrogens with one attached hydrogen (secondary N) is 1. The number of aliphatic carboxylic acids is 1. The number of fused-ring (bicyclic) bond motifs is 3. The summed E-state index contributed by atoms with van der Waals surface area (Å²) in [5, 5.41) is 8.99. The van der Waals surface area contributed by atoms with E-state index in [0.717, 1.165) is 28.0 Å². The number of H-pyrrole nitrogens is 1. The van der Waals surface area contributed by atoms with Crippen LogP contribution in [-0.4, -0.2) is 25.4 Å². The molecule has 0 radical (unpaired) electrons. The van der Waals surface area contributed by atoms with Gasteiger partial charge in [0.05, 0.1) is 23.1 Å². The largest absolute Gasteiger partial charge is 0.481 e. The molecule has 0 atom stereocenters. The van der Waals surface area contributed by atoms with Gasteiger partial charge in [0, 0.05) is 5.69 Å². The van der Waals surface area contributed by atoms with Crippen LogP contribution in [0.15, 0.2) is 18.2 Å². The first-order valence-electron chi connectivity index (χ1n) is 5.75. The molecule has 0 bridgehead atoms. The summed E-state index contributed by atoms with van der Waals surface area (Å²) in [5.41, 5.74) is 4.55. The van der Waals surface area contributed by atoms with Crippen LogP contribution < -0.4 is 0 Å². The van der Waals surface area contributed by atoms with Gasteiger partial charge in [0.25, 0.3) is 0 Å². The fraction of sp³-hybridized carbons (Fsp3) is 0.231. The zero-order valence-corrected chi connectivity index (χ0v) is 10.2. The second-order valence-corrected chi connectivity index (χ2v) is 4.48. The molecule has 3 rings (SSSR count). The number of aromatic amines is 1. The molecule has 2 heterocycles. The molecule has 0 fully saturated rings. The number of aromatic nitrogens is 3. The number of rotatable bonds is 2. The van der Waals surface area contributed by atoms with Crippen LogP contribution in [0, 0.1) is 13.8 Å². The Labute approximate surface area is 103 Å². The van der Waals surface area contributed by atoms with E-state index < -0.39 is 5.97 Å². The molecule has 1 aromatic carbocycles. The lowest BCUT2D eigenvalue weighted by Crippen LogP contribution is -2.04. The monoisotopic (exact) mass is 243 g/mol. The van der Waals surface area contributed by atoms with E-state index in [9.17, 15) is 4.79 Å². The van der Waals surface area contributed by atoms with E-state index in [-0.39, 0.29) is 6.42 Å². The minimum absolute atomic E-state index is 0.00870. The molecule has 0 aliphatic rings. The summed E-state index contributed by atoms with van der Waals surface area (Å²) in [4.78, 5) is 18.6. The standard InChI is InChI=1S/C13H13N3O2/c1-7-4-3-5-9-12(7)15-13-14-8(2)10(16(9)13)6-11(17)18/h3-5H,6H2,1-2H3,(H,14,15)(H,17,18). The zero-order chi connectivity index (χ0) is 12.9. The highest BCUT2D eigenvalue weighted by Gasteiger charge is 2.16. The van der Waals surface area contributed by atoms with Crippen molar-refractivity contribution < 1.29 is 9.90 Å². The highest BCUT2D eigenvalue weighted by molar-refractivity contribution is 5.84. The lowest BCUT2D eigenvalue weighted by Gasteiger charge is -2.00. The molecule has 0 saturated carbocycles. The molecule has 2 N–H and O–H groups in total. The van der Waals surface area contributed by atoms with Crippen molar-refractivity contribution in [1.82, 2.24) is 14.4 Å². The van der Waals surface area contributed by atoms with E-state index in [2.05, 4.69) is 9.97 Å². The molecule has 0 unspecified atom stereocenters. The molecule has 0 aliphatic heterocycles. The fourth-order valence-corrected chi connectivity index (χ4v) is 2.36. The Morgan fingerprint density at radius 1 is 1.44 bits per heavy atom. The SMILES string of the molecule is Cc1[nH]c2nc3c(C)cccc3n2c1CC(=O)O. The Bertz CT molecular complexity index is 767. The third-order valence-corrected chi connectivity index (χ3v) is 3.21. The van der Waals surface area contributed by atoms with Crippen molar-refractivity contribution in [2.45, 2.75) is 20.3 Å². The van der Waals surface area contributed by atoms with Crippen molar-refractivity contribution >= 4 is 22.8 Å². The number of hydrogen-bond donors (Lipinski definition) is 2. The minimum Gasteiger partial charge on any atom is -0.481 e. The van der Waals surface area contributed by atoms with E-state index in [4.69, 9.17) is 5.11 Å². The van der Waals surface area contributed by atoms with Crippen molar-refractivity contribution in [3.05, 3.63) is 35.2 Å². The van der Waals surface area contributed by atoms with Crippen molar-refractivity contribution in [2.75, 3.05) is 0 Å². The van der Waals surface area contributed by atoms with Gasteiger partial charge in [0.15, 0.2) is 0 Å². The molecule has 2 aromatic heterocycles. The molecular formula is C13H13N3O2. The number of nitrogens with zero attached hydrogens (tertiary/aromatic N) is 2. The molecule has 3 aromatic rings. The van der Waals surface area contributed by atoms with E-state index in [1.807, 2.05) is 36.4 Å². The third-order valence-electron chi connectivity index (χ3n) is 3.21. The summed E-state index contributed by atoms with van der Waals surface area (Å²) in [6.07, 6.45) is -0.00870. The van der Waals surface area contributed by atoms with Crippen molar-refractivity contribution in [3.63, 3.8) is 0 Å². The van der Waals surface area contributed by atoms with E-state index in [1.54, 1.807) is 0 Å². The van der Waals surface area contributed by atoms with Gasteiger partial charge < -0.3 is 10.1 Å². The van der Waals surface area contributed by atoms with Gasteiger partial charge in [0.1, 0.15) is 0 Å². The summed E-state index contributed by atoms with van der Waals surface area (Å²) in [5.74, 6) is -0.137. The lowest BCUT2D eigenvalue weighted by molar-refractivity contribution is -0.136. The van der Waals surface area contributed by atoms with Crippen LogP contribution in [0.3, 0.4) is 0 Å². The predicted octanol–water partition coefficient (Wildman–Crippen LogP) is 2.06. The summed E-state index contributed by atoms with van der Waals surface area (Å²) < 4.78 is 1.89.